The molecule has 0 bridgehead atoms. The van der Waals surface area contributed by atoms with Crippen molar-refractivity contribution >= 4 is 23.0 Å². The molecular weight excluding hydrogens is 336 g/mol. The summed E-state index contributed by atoms with van der Waals surface area (Å²) in [5.74, 6) is -1.76. The van der Waals surface area contributed by atoms with Gasteiger partial charge in [0.15, 0.2) is 12.2 Å². The average molecular weight is 354 g/mol. The highest BCUT2D eigenvalue weighted by atomic mass is 16.5. The molecule has 0 aliphatic carbocycles. The van der Waals surface area contributed by atoms with Crippen LogP contribution in [0.25, 0.3) is 11.1 Å². The fraction of sp³-hybridized carbons (Fsp3) is 0.211. The smallest absolute Gasteiger partial charge is 0.420 e. The van der Waals surface area contributed by atoms with Gasteiger partial charge in [-0.25, -0.2) is 4.79 Å². The highest BCUT2D eigenvalue weighted by Crippen LogP contribution is 2.12. The summed E-state index contributed by atoms with van der Waals surface area (Å²) in [7, 11) is 0. The molecule has 1 heterocycles. The van der Waals surface area contributed by atoms with Crippen molar-refractivity contribution in [1.29, 1.82) is 0 Å². The summed E-state index contributed by atoms with van der Waals surface area (Å²) in [5, 5.41) is 2.75. The van der Waals surface area contributed by atoms with E-state index in [4.69, 9.17) is 9.15 Å². The molecule has 0 unspecified atom stereocenters. The summed E-state index contributed by atoms with van der Waals surface area (Å²) < 4.78 is 11.2. The van der Waals surface area contributed by atoms with Crippen molar-refractivity contribution in [1.82, 2.24) is 9.88 Å². The molecule has 2 aromatic carbocycles. The zero-order valence-corrected chi connectivity index (χ0v) is 14.2. The van der Waals surface area contributed by atoms with Crippen LogP contribution in [0, 0.1) is 0 Å². The molecule has 3 aromatic rings. The highest BCUT2D eigenvalue weighted by molar-refractivity contribution is 5.81. The number of oxazole rings is 1. The van der Waals surface area contributed by atoms with Gasteiger partial charge in [0.05, 0.1) is 11.6 Å². The zero-order chi connectivity index (χ0) is 18.5. The summed E-state index contributed by atoms with van der Waals surface area (Å²) in [5.41, 5.74) is 1.83. The molecule has 1 N–H and O–H groups in total. The Hall–Kier alpha value is -3.35. The monoisotopic (exact) mass is 354 g/mol. The Balaban J connectivity index is 1.54. The number of hydrogen-bond acceptors (Lipinski definition) is 5. The van der Waals surface area contributed by atoms with Gasteiger partial charge in [-0.1, -0.05) is 42.5 Å². The van der Waals surface area contributed by atoms with E-state index < -0.39 is 24.2 Å². The number of rotatable bonds is 6. The van der Waals surface area contributed by atoms with Gasteiger partial charge in [0, 0.05) is 0 Å². The van der Waals surface area contributed by atoms with Gasteiger partial charge in [0.2, 0.25) is 0 Å². The van der Waals surface area contributed by atoms with Crippen LogP contribution >= 0.6 is 0 Å². The van der Waals surface area contributed by atoms with Crippen molar-refractivity contribution in [2.45, 2.75) is 19.5 Å². The van der Waals surface area contributed by atoms with Gasteiger partial charge in [-0.3, -0.25) is 14.2 Å². The fourth-order valence-electron chi connectivity index (χ4n) is 2.59. The molecule has 0 fully saturated rings. The molecule has 0 saturated carbocycles. The van der Waals surface area contributed by atoms with Gasteiger partial charge in [0.1, 0.15) is 6.54 Å². The maximum atomic E-state index is 12.0. The van der Waals surface area contributed by atoms with Crippen LogP contribution < -0.4 is 11.1 Å². The number of benzene rings is 2. The number of esters is 1. The molecule has 1 atom stereocenters. The van der Waals surface area contributed by atoms with Gasteiger partial charge >= 0.3 is 11.7 Å². The maximum Gasteiger partial charge on any atom is 0.420 e. The summed E-state index contributed by atoms with van der Waals surface area (Å²) in [4.78, 5) is 35.7. The molecule has 1 aromatic heterocycles. The SMILES string of the molecule is C[C@H](NC(=O)COC(=O)Cn1c(=O)oc2ccccc21)c1ccccc1. The van der Waals surface area contributed by atoms with E-state index >= 15 is 0 Å². The number of carbonyl (C=O) groups is 2. The van der Waals surface area contributed by atoms with Crippen LogP contribution in [0.15, 0.2) is 63.8 Å². The van der Waals surface area contributed by atoms with E-state index in [1.165, 1.54) is 4.57 Å². The predicted molar refractivity (Wildman–Crippen MR) is 94.4 cm³/mol. The van der Waals surface area contributed by atoms with Crippen molar-refractivity contribution in [3.05, 3.63) is 70.7 Å². The number of para-hydroxylation sites is 2. The first-order chi connectivity index (χ1) is 12.5. The van der Waals surface area contributed by atoms with Gasteiger partial charge in [0.25, 0.3) is 5.91 Å². The second kappa shape index (κ2) is 7.69. The highest BCUT2D eigenvalue weighted by Gasteiger charge is 2.15. The minimum atomic E-state index is -0.693. The lowest BCUT2D eigenvalue weighted by molar-refractivity contribution is -0.149. The molecule has 134 valence electrons. The number of ether oxygens (including phenoxy) is 1. The quantitative estimate of drug-likeness (QED) is 0.684. The Morgan fingerprint density at radius 2 is 1.81 bits per heavy atom. The first-order valence-corrected chi connectivity index (χ1v) is 8.13. The van der Waals surface area contributed by atoms with Gasteiger partial charge in [-0.05, 0) is 24.6 Å². The topological polar surface area (TPSA) is 90.5 Å². The number of hydrogen-bond donors (Lipinski definition) is 1. The molecule has 7 heteroatoms. The molecule has 7 nitrogen and oxygen atoms in total. The third kappa shape index (κ3) is 4.00. The molecule has 0 aliphatic rings. The fourth-order valence-corrected chi connectivity index (χ4v) is 2.59. The van der Waals surface area contributed by atoms with Crippen molar-refractivity contribution in [2.24, 2.45) is 0 Å². The van der Waals surface area contributed by atoms with Crippen LogP contribution in [0.2, 0.25) is 0 Å². The third-order valence-corrected chi connectivity index (χ3v) is 3.90. The number of carbonyl (C=O) groups excluding carboxylic acids is 2. The lowest BCUT2D eigenvalue weighted by Gasteiger charge is -2.14. The maximum absolute atomic E-state index is 12.0. The molecule has 1 amide bonds. The van der Waals surface area contributed by atoms with E-state index in [2.05, 4.69) is 5.32 Å². The van der Waals surface area contributed by atoms with Gasteiger partial charge < -0.3 is 14.5 Å². The first-order valence-electron chi connectivity index (χ1n) is 8.13. The standard InChI is InChI=1S/C19H18N2O5/c1-13(14-7-3-2-4-8-14)20-17(22)12-25-18(23)11-21-15-9-5-6-10-16(15)26-19(21)24/h2-10,13H,11-12H2,1H3,(H,20,22)/t13-/m0/s1. The summed E-state index contributed by atoms with van der Waals surface area (Å²) >= 11 is 0. The Bertz CT molecular complexity index is 974. The van der Waals surface area contributed by atoms with Crippen LogP contribution in [-0.4, -0.2) is 23.1 Å². The Morgan fingerprint density at radius 1 is 1.12 bits per heavy atom. The minimum absolute atomic E-state index is 0.206. The number of nitrogens with one attached hydrogen (secondary N) is 1. The van der Waals surface area contributed by atoms with Crippen LogP contribution in [0.4, 0.5) is 0 Å². The summed E-state index contributed by atoms with van der Waals surface area (Å²) in [6, 6.07) is 16.0. The van der Waals surface area contributed by atoms with E-state index in [0.29, 0.717) is 11.1 Å². The molecule has 0 radical (unpaired) electrons. The van der Waals surface area contributed by atoms with Crippen LogP contribution in [0.3, 0.4) is 0 Å². The largest absolute Gasteiger partial charge is 0.454 e. The Labute approximate surface area is 149 Å². The van der Waals surface area contributed by atoms with Gasteiger partial charge in [-0.15, -0.1) is 0 Å². The number of amides is 1. The van der Waals surface area contributed by atoms with Crippen LogP contribution in [-0.2, 0) is 20.9 Å². The predicted octanol–water partition coefficient (Wildman–Crippen LogP) is 2.02. The molecule has 0 saturated heterocycles. The molecular formula is C19H18N2O5. The second-order valence-electron chi connectivity index (χ2n) is 5.78. The van der Waals surface area contributed by atoms with Crippen molar-refractivity contribution < 1.29 is 18.7 Å². The number of fused-ring (bicyclic) bond motifs is 1. The van der Waals surface area contributed by atoms with Gasteiger partial charge in [-0.2, -0.15) is 0 Å². The average Bonchev–Trinajstić information content (AvgIpc) is 2.96. The lowest BCUT2D eigenvalue weighted by atomic mass is 10.1. The van der Waals surface area contributed by atoms with E-state index in [1.807, 2.05) is 37.3 Å². The normalized spacial score (nSPS) is 11.9. The third-order valence-electron chi connectivity index (χ3n) is 3.90. The Morgan fingerprint density at radius 3 is 2.58 bits per heavy atom. The Kier molecular flexibility index (Phi) is 5.17. The lowest BCUT2D eigenvalue weighted by Crippen LogP contribution is -2.32. The van der Waals surface area contributed by atoms with E-state index in [-0.39, 0.29) is 12.6 Å². The van der Waals surface area contributed by atoms with E-state index in [1.54, 1.807) is 24.3 Å². The molecule has 0 spiro atoms. The van der Waals surface area contributed by atoms with E-state index in [0.717, 1.165) is 5.56 Å². The number of aromatic nitrogens is 1. The summed E-state index contributed by atoms with van der Waals surface area (Å²) in [6.45, 7) is 1.10. The summed E-state index contributed by atoms with van der Waals surface area (Å²) in [6.07, 6.45) is 0. The molecule has 0 aliphatic heterocycles. The number of nitrogens with zero attached hydrogens (tertiary/aromatic N) is 1. The van der Waals surface area contributed by atoms with Crippen LogP contribution in [0.1, 0.15) is 18.5 Å². The molecule has 26 heavy (non-hydrogen) atoms. The van der Waals surface area contributed by atoms with Crippen molar-refractivity contribution in [3.8, 4) is 0 Å². The van der Waals surface area contributed by atoms with Crippen molar-refractivity contribution in [2.75, 3.05) is 6.61 Å². The van der Waals surface area contributed by atoms with Crippen LogP contribution in [0.5, 0.6) is 0 Å². The molecule has 3 rings (SSSR count). The van der Waals surface area contributed by atoms with E-state index in [9.17, 15) is 14.4 Å². The van der Waals surface area contributed by atoms with Crippen molar-refractivity contribution in [3.63, 3.8) is 0 Å². The minimum Gasteiger partial charge on any atom is -0.454 e. The second-order valence-corrected chi connectivity index (χ2v) is 5.78. The first kappa shape index (κ1) is 17.5. The zero-order valence-electron chi connectivity index (χ0n) is 14.2.